The molecule has 1 aromatic carbocycles. The van der Waals surface area contributed by atoms with Gasteiger partial charge in [-0.3, -0.25) is 4.79 Å². The number of amides is 1. The van der Waals surface area contributed by atoms with Crippen LogP contribution >= 0.6 is 15.9 Å². The summed E-state index contributed by atoms with van der Waals surface area (Å²) in [4.78, 5) is 12.1. The average Bonchev–Trinajstić information content (AvgIpc) is 2.32. The van der Waals surface area contributed by atoms with Gasteiger partial charge in [-0.25, -0.2) is 4.39 Å². The molecule has 5 heteroatoms. The molecule has 1 fully saturated rings. The SMILES string of the molecule is NC1CCCC(C(=O)Nc2ccc(F)cc2Br)C1. The van der Waals surface area contributed by atoms with E-state index in [1.165, 1.54) is 12.1 Å². The third-order valence-corrected chi connectivity index (χ3v) is 3.93. The van der Waals surface area contributed by atoms with Gasteiger partial charge in [0.15, 0.2) is 0 Å². The number of hydrogen-bond acceptors (Lipinski definition) is 2. The zero-order valence-corrected chi connectivity index (χ0v) is 11.5. The minimum atomic E-state index is -0.334. The van der Waals surface area contributed by atoms with E-state index in [2.05, 4.69) is 21.2 Å². The number of anilines is 1. The molecule has 1 aliphatic carbocycles. The van der Waals surface area contributed by atoms with Crippen LogP contribution in [0, 0.1) is 11.7 Å². The Morgan fingerprint density at radius 3 is 2.89 bits per heavy atom. The van der Waals surface area contributed by atoms with Crippen LogP contribution in [-0.2, 0) is 4.79 Å². The van der Waals surface area contributed by atoms with Gasteiger partial charge in [0.1, 0.15) is 5.82 Å². The molecule has 2 rings (SSSR count). The fourth-order valence-electron chi connectivity index (χ4n) is 2.29. The van der Waals surface area contributed by atoms with Gasteiger partial charge in [-0.05, 0) is 53.4 Å². The Labute approximate surface area is 114 Å². The molecule has 0 aromatic heterocycles. The Hall–Kier alpha value is -0.940. The molecule has 1 saturated carbocycles. The number of carbonyl (C=O) groups excluding carboxylic acids is 1. The average molecular weight is 315 g/mol. The van der Waals surface area contributed by atoms with Crippen molar-refractivity contribution in [3.63, 3.8) is 0 Å². The van der Waals surface area contributed by atoms with E-state index >= 15 is 0 Å². The van der Waals surface area contributed by atoms with E-state index in [1.807, 2.05) is 0 Å². The molecule has 3 nitrogen and oxygen atoms in total. The molecule has 1 amide bonds. The van der Waals surface area contributed by atoms with Crippen LogP contribution in [0.2, 0.25) is 0 Å². The van der Waals surface area contributed by atoms with Crippen molar-refractivity contribution in [2.75, 3.05) is 5.32 Å². The zero-order valence-electron chi connectivity index (χ0n) is 9.96. The molecule has 0 spiro atoms. The van der Waals surface area contributed by atoms with Gasteiger partial charge in [0.25, 0.3) is 0 Å². The highest BCUT2D eigenvalue weighted by Gasteiger charge is 2.25. The maximum absolute atomic E-state index is 12.9. The van der Waals surface area contributed by atoms with Crippen LogP contribution in [0.4, 0.5) is 10.1 Å². The number of nitrogens with two attached hydrogens (primary N) is 1. The van der Waals surface area contributed by atoms with Crippen molar-refractivity contribution < 1.29 is 9.18 Å². The van der Waals surface area contributed by atoms with Crippen LogP contribution in [-0.4, -0.2) is 11.9 Å². The fourth-order valence-corrected chi connectivity index (χ4v) is 2.74. The highest BCUT2D eigenvalue weighted by atomic mass is 79.9. The van der Waals surface area contributed by atoms with Gasteiger partial charge in [0.05, 0.1) is 5.69 Å². The van der Waals surface area contributed by atoms with E-state index in [0.717, 1.165) is 25.7 Å². The molecular weight excluding hydrogens is 299 g/mol. The maximum Gasteiger partial charge on any atom is 0.227 e. The molecule has 0 saturated heterocycles. The normalized spacial score (nSPS) is 23.7. The number of carbonyl (C=O) groups is 1. The van der Waals surface area contributed by atoms with Gasteiger partial charge < -0.3 is 11.1 Å². The Bertz CT molecular complexity index is 453. The number of benzene rings is 1. The van der Waals surface area contributed by atoms with Gasteiger partial charge in [0.2, 0.25) is 5.91 Å². The Morgan fingerprint density at radius 2 is 2.22 bits per heavy atom. The molecule has 2 atom stereocenters. The second-order valence-electron chi connectivity index (χ2n) is 4.74. The van der Waals surface area contributed by atoms with Gasteiger partial charge in [0, 0.05) is 16.4 Å². The van der Waals surface area contributed by atoms with Crippen LogP contribution in [0.1, 0.15) is 25.7 Å². The van der Waals surface area contributed by atoms with Crippen molar-refractivity contribution in [2.45, 2.75) is 31.7 Å². The summed E-state index contributed by atoms with van der Waals surface area (Å²) in [5.41, 5.74) is 6.46. The molecule has 0 radical (unpaired) electrons. The summed E-state index contributed by atoms with van der Waals surface area (Å²) in [5, 5.41) is 2.82. The van der Waals surface area contributed by atoms with Crippen molar-refractivity contribution in [1.82, 2.24) is 0 Å². The molecule has 98 valence electrons. The van der Waals surface area contributed by atoms with Crippen molar-refractivity contribution in [1.29, 1.82) is 0 Å². The molecular formula is C13H16BrFN2O. The molecule has 2 unspecified atom stereocenters. The maximum atomic E-state index is 12.9. The van der Waals surface area contributed by atoms with Gasteiger partial charge in [-0.15, -0.1) is 0 Å². The second kappa shape index (κ2) is 5.80. The molecule has 0 heterocycles. The lowest BCUT2D eigenvalue weighted by Crippen LogP contribution is -2.34. The summed E-state index contributed by atoms with van der Waals surface area (Å²) in [7, 11) is 0. The minimum absolute atomic E-state index is 0.0301. The fraction of sp³-hybridized carbons (Fsp3) is 0.462. The lowest BCUT2D eigenvalue weighted by atomic mass is 9.85. The molecule has 1 aliphatic rings. The van der Waals surface area contributed by atoms with E-state index in [-0.39, 0.29) is 23.7 Å². The zero-order chi connectivity index (χ0) is 13.1. The predicted octanol–water partition coefficient (Wildman–Crippen LogP) is 3.04. The van der Waals surface area contributed by atoms with Gasteiger partial charge in [-0.1, -0.05) is 6.42 Å². The van der Waals surface area contributed by atoms with Crippen LogP contribution in [0.25, 0.3) is 0 Å². The van der Waals surface area contributed by atoms with Crippen LogP contribution in [0.15, 0.2) is 22.7 Å². The predicted molar refractivity (Wildman–Crippen MR) is 72.7 cm³/mol. The number of hydrogen-bond donors (Lipinski definition) is 2. The van der Waals surface area contributed by atoms with E-state index in [0.29, 0.717) is 10.2 Å². The first-order valence-electron chi connectivity index (χ1n) is 6.08. The summed E-state index contributed by atoms with van der Waals surface area (Å²) in [5.74, 6) is -0.400. The number of nitrogens with one attached hydrogen (secondary N) is 1. The van der Waals surface area contributed by atoms with E-state index in [9.17, 15) is 9.18 Å². The summed E-state index contributed by atoms with van der Waals surface area (Å²) in [6.07, 6.45) is 3.58. The molecule has 0 aliphatic heterocycles. The summed E-state index contributed by atoms with van der Waals surface area (Å²) in [6, 6.07) is 4.33. The third-order valence-electron chi connectivity index (χ3n) is 3.27. The quantitative estimate of drug-likeness (QED) is 0.881. The van der Waals surface area contributed by atoms with Crippen molar-refractivity contribution in [3.05, 3.63) is 28.5 Å². The smallest absolute Gasteiger partial charge is 0.227 e. The summed E-state index contributed by atoms with van der Waals surface area (Å²) < 4.78 is 13.5. The molecule has 0 bridgehead atoms. The van der Waals surface area contributed by atoms with Crippen molar-refractivity contribution in [3.8, 4) is 0 Å². The van der Waals surface area contributed by atoms with Crippen LogP contribution in [0.5, 0.6) is 0 Å². The number of rotatable bonds is 2. The highest BCUT2D eigenvalue weighted by Crippen LogP contribution is 2.27. The first-order chi connectivity index (χ1) is 8.56. The Balaban J connectivity index is 2.02. The molecule has 18 heavy (non-hydrogen) atoms. The molecule has 1 aromatic rings. The third kappa shape index (κ3) is 3.29. The van der Waals surface area contributed by atoms with Crippen LogP contribution < -0.4 is 11.1 Å². The van der Waals surface area contributed by atoms with Crippen molar-refractivity contribution in [2.24, 2.45) is 11.7 Å². The van der Waals surface area contributed by atoms with Crippen molar-refractivity contribution >= 4 is 27.5 Å². The second-order valence-corrected chi connectivity index (χ2v) is 5.59. The van der Waals surface area contributed by atoms with E-state index in [1.54, 1.807) is 6.07 Å². The molecule has 3 N–H and O–H groups in total. The highest BCUT2D eigenvalue weighted by molar-refractivity contribution is 9.10. The summed E-state index contributed by atoms with van der Waals surface area (Å²) in [6.45, 7) is 0. The Morgan fingerprint density at radius 1 is 1.44 bits per heavy atom. The Kier molecular flexibility index (Phi) is 4.35. The largest absolute Gasteiger partial charge is 0.328 e. The monoisotopic (exact) mass is 314 g/mol. The lowest BCUT2D eigenvalue weighted by molar-refractivity contribution is -0.120. The minimum Gasteiger partial charge on any atom is -0.328 e. The standard InChI is InChI=1S/C13H16BrFN2O/c14-11-7-9(15)4-5-12(11)17-13(18)8-2-1-3-10(16)6-8/h4-5,7-8,10H,1-3,6,16H2,(H,17,18). The van der Waals surface area contributed by atoms with Crippen LogP contribution in [0.3, 0.4) is 0 Å². The first-order valence-corrected chi connectivity index (χ1v) is 6.87. The van der Waals surface area contributed by atoms with Gasteiger partial charge >= 0.3 is 0 Å². The summed E-state index contributed by atoms with van der Waals surface area (Å²) >= 11 is 3.23. The lowest BCUT2D eigenvalue weighted by Gasteiger charge is -2.25. The first kappa shape index (κ1) is 13.5. The van der Waals surface area contributed by atoms with E-state index < -0.39 is 0 Å². The van der Waals surface area contributed by atoms with E-state index in [4.69, 9.17) is 5.73 Å². The van der Waals surface area contributed by atoms with Gasteiger partial charge in [-0.2, -0.15) is 0 Å². The number of halogens is 2. The topological polar surface area (TPSA) is 55.1 Å².